The zero-order valence-corrected chi connectivity index (χ0v) is 10.5. The zero-order chi connectivity index (χ0) is 13.6. The van der Waals surface area contributed by atoms with Gasteiger partial charge in [0.05, 0.1) is 11.0 Å². The summed E-state index contributed by atoms with van der Waals surface area (Å²) in [6, 6.07) is 7.18. The van der Waals surface area contributed by atoms with Gasteiger partial charge in [-0.15, -0.1) is 0 Å². The van der Waals surface area contributed by atoms with Crippen LogP contribution in [0.15, 0.2) is 24.3 Å². The summed E-state index contributed by atoms with van der Waals surface area (Å²) in [6.07, 6.45) is 0. The van der Waals surface area contributed by atoms with Crippen LogP contribution in [0.1, 0.15) is 5.82 Å². The number of rotatable bonds is 1. The summed E-state index contributed by atoms with van der Waals surface area (Å²) in [4.78, 5) is 11.4. The molecule has 2 heterocycles. The standard InChI is InChI=1S/C12H7ClF2N4/c1-6-16-7-4-2-3-5-8(7)19(6)12-17-10(14)9(13)11(15)18-12/h2-5H,1H3. The van der Waals surface area contributed by atoms with Crippen LogP contribution in [0.2, 0.25) is 5.02 Å². The molecule has 0 bridgehead atoms. The van der Waals surface area contributed by atoms with E-state index in [0.29, 0.717) is 16.9 Å². The highest BCUT2D eigenvalue weighted by atomic mass is 35.5. The number of fused-ring (bicyclic) bond motifs is 1. The van der Waals surface area contributed by atoms with Gasteiger partial charge in [-0.05, 0) is 19.1 Å². The van der Waals surface area contributed by atoms with Gasteiger partial charge in [-0.2, -0.15) is 18.7 Å². The van der Waals surface area contributed by atoms with E-state index in [1.54, 1.807) is 25.1 Å². The van der Waals surface area contributed by atoms with Gasteiger partial charge in [0.1, 0.15) is 5.82 Å². The summed E-state index contributed by atoms with van der Waals surface area (Å²) in [5.74, 6) is -1.80. The first-order valence-corrected chi connectivity index (χ1v) is 5.78. The molecule has 0 saturated heterocycles. The summed E-state index contributed by atoms with van der Waals surface area (Å²) in [6.45, 7) is 1.70. The SMILES string of the molecule is Cc1nc2ccccc2n1-c1nc(F)c(Cl)c(F)n1. The molecule has 2 aromatic heterocycles. The van der Waals surface area contributed by atoms with Gasteiger partial charge in [-0.3, -0.25) is 4.57 Å². The highest BCUT2D eigenvalue weighted by Gasteiger charge is 2.16. The summed E-state index contributed by atoms with van der Waals surface area (Å²) in [7, 11) is 0. The van der Waals surface area contributed by atoms with Gasteiger partial charge < -0.3 is 0 Å². The fourth-order valence-corrected chi connectivity index (χ4v) is 1.97. The second-order valence-electron chi connectivity index (χ2n) is 3.90. The van der Waals surface area contributed by atoms with Gasteiger partial charge in [0.2, 0.25) is 17.8 Å². The maximum absolute atomic E-state index is 13.4. The lowest BCUT2D eigenvalue weighted by Crippen LogP contribution is -2.07. The summed E-state index contributed by atoms with van der Waals surface area (Å²) in [5, 5.41) is -0.717. The van der Waals surface area contributed by atoms with Crippen LogP contribution in [0.4, 0.5) is 8.78 Å². The molecular formula is C12H7ClF2N4. The number of benzene rings is 1. The number of halogens is 3. The predicted octanol–water partition coefficient (Wildman–Crippen LogP) is 3.06. The minimum absolute atomic E-state index is 0.134. The van der Waals surface area contributed by atoms with Crippen molar-refractivity contribution in [1.29, 1.82) is 0 Å². The summed E-state index contributed by atoms with van der Waals surface area (Å²) < 4.78 is 28.3. The van der Waals surface area contributed by atoms with E-state index in [4.69, 9.17) is 11.6 Å². The first-order valence-electron chi connectivity index (χ1n) is 5.41. The van der Waals surface area contributed by atoms with Crippen molar-refractivity contribution in [3.05, 3.63) is 47.0 Å². The second kappa shape index (κ2) is 4.24. The van der Waals surface area contributed by atoms with Gasteiger partial charge in [0, 0.05) is 0 Å². The Kier molecular flexibility index (Phi) is 2.67. The first-order chi connectivity index (χ1) is 9.08. The Bertz CT molecular complexity index is 761. The molecule has 96 valence electrons. The van der Waals surface area contributed by atoms with Crippen LogP contribution >= 0.6 is 11.6 Å². The molecule has 7 heteroatoms. The number of aromatic nitrogens is 4. The van der Waals surface area contributed by atoms with Crippen molar-refractivity contribution in [2.75, 3.05) is 0 Å². The summed E-state index contributed by atoms with van der Waals surface area (Å²) >= 11 is 5.37. The lowest BCUT2D eigenvalue weighted by molar-refractivity contribution is 0.520. The molecule has 0 fully saturated rings. The summed E-state index contributed by atoms with van der Waals surface area (Å²) in [5.41, 5.74) is 1.36. The van der Waals surface area contributed by atoms with Crippen molar-refractivity contribution in [1.82, 2.24) is 19.5 Å². The average molecular weight is 281 g/mol. The van der Waals surface area contributed by atoms with Crippen LogP contribution in [-0.4, -0.2) is 19.5 Å². The topological polar surface area (TPSA) is 43.6 Å². The lowest BCUT2D eigenvalue weighted by atomic mass is 10.3. The largest absolute Gasteiger partial charge is 0.264 e. The van der Waals surface area contributed by atoms with Gasteiger partial charge in [0.25, 0.3) is 0 Å². The molecule has 0 atom stereocenters. The number of hydrogen-bond acceptors (Lipinski definition) is 3. The molecule has 3 aromatic rings. The van der Waals surface area contributed by atoms with E-state index in [1.807, 2.05) is 6.07 Å². The maximum atomic E-state index is 13.4. The Labute approximate surface area is 111 Å². The van der Waals surface area contributed by atoms with Crippen LogP contribution < -0.4 is 0 Å². The van der Waals surface area contributed by atoms with Gasteiger partial charge in [0.15, 0.2) is 5.02 Å². The molecule has 4 nitrogen and oxygen atoms in total. The van der Waals surface area contributed by atoms with Crippen molar-refractivity contribution in [3.8, 4) is 5.95 Å². The van der Waals surface area contributed by atoms with Crippen molar-refractivity contribution in [3.63, 3.8) is 0 Å². The Morgan fingerprint density at radius 3 is 2.37 bits per heavy atom. The van der Waals surface area contributed by atoms with Crippen molar-refractivity contribution >= 4 is 22.6 Å². The molecule has 0 amide bonds. The van der Waals surface area contributed by atoms with Crippen LogP contribution in [0.3, 0.4) is 0 Å². The minimum Gasteiger partial charge on any atom is -0.264 e. The number of nitrogens with zero attached hydrogens (tertiary/aromatic N) is 4. The van der Waals surface area contributed by atoms with E-state index in [2.05, 4.69) is 15.0 Å². The first kappa shape index (κ1) is 12.0. The highest BCUT2D eigenvalue weighted by Crippen LogP contribution is 2.21. The Morgan fingerprint density at radius 2 is 1.68 bits per heavy atom. The van der Waals surface area contributed by atoms with Crippen molar-refractivity contribution in [2.45, 2.75) is 6.92 Å². The maximum Gasteiger partial charge on any atom is 0.241 e. The molecular weight excluding hydrogens is 274 g/mol. The fourth-order valence-electron chi connectivity index (χ4n) is 1.88. The Hall–Kier alpha value is -2.08. The zero-order valence-electron chi connectivity index (χ0n) is 9.73. The monoisotopic (exact) mass is 280 g/mol. The molecule has 0 spiro atoms. The Morgan fingerprint density at radius 1 is 1.05 bits per heavy atom. The number of para-hydroxylation sites is 2. The van der Waals surface area contributed by atoms with E-state index in [0.717, 1.165) is 0 Å². The third-order valence-electron chi connectivity index (χ3n) is 2.69. The lowest BCUT2D eigenvalue weighted by Gasteiger charge is -2.05. The van der Waals surface area contributed by atoms with E-state index in [-0.39, 0.29) is 5.95 Å². The molecule has 0 N–H and O–H groups in total. The highest BCUT2D eigenvalue weighted by molar-refractivity contribution is 6.30. The third-order valence-corrected chi connectivity index (χ3v) is 3.00. The van der Waals surface area contributed by atoms with E-state index in [9.17, 15) is 8.78 Å². The third kappa shape index (κ3) is 1.84. The molecule has 0 aliphatic rings. The minimum atomic E-state index is -1.10. The normalized spacial score (nSPS) is 11.2. The molecule has 0 aliphatic carbocycles. The van der Waals surface area contributed by atoms with Crippen LogP contribution in [-0.2, 0) is 0 Å². The van der Waals surface area contributed by atoms with Gasteiger partial charge in [-0.25, -0.2) is 4.98 Å². The molecule has 19 heavy (non-hydrogen) atoms. The van der Waals surface area contributed by atoms with Crippen LogP contribution in [0, 0.1) is 18.8 Å². The average Bonchev–Trinajstić information content (AvgIpc) is 2.71. The number of aryl methyl sites for hydroxylation is 1. The molecule has 0 unspecified atom stereocenters. The van der Waals surface area contributed by atoms with Crippen LogP contribution in [0.5, 0.6) is 0 Å². The van der Waals surface area contributed by atoms with Gasteiger partial charge >= 0.3 is 0 Å². The van der Waals surface area contributed by atoms with E-state index >= 15 is 0 Å². The molecule has 0 saturated carbocycles. The molecule has 3 rings (SSSR count). The number of hydrogen-bond donors (Lipinski definition) is 0. The molecule has 0 aliphatic heterocycles. The fraction of sp³-hybridized carbons (Fsp3) is 0.0833. The van der Waals surface area contributed by atoms with Crippen LogP contribution in [0.25, 0.3) is 17.0 Å². The molecule has 0 radical (unpaired) electrons. The van der Waals surface area contributed by atoms with E-state index in [1.165, 1.54) is 4.57 Å². The van der Waals surface area contributed by atoms with Gasteiger partial charge in [-0.1, -0.05) is 23.7 Å². The van der Waals surface area contributed by atoms with Crippen molar-refractivity contribution < 1.29 is 8.78 Å². The Balaban J connectivity index is 2.33. The number of imidazole rings is 1. The van der Waals surface area contributed by atoms with Crippen molar-refractivity contribution in [2.24, 2.45) is 0 Å². The predicted molar refractivity (Wildman–Crippen MR) is 66.3 cm³/mol. The van der Waals surface area contributed by atoms with E-state index < -0.39 is 16.9 Å². The second-order valence-corrected chi connectivity index (χ2v) is 4.28. The quantitative estimate of drug-likeness (QED) is 0.644. The smallest absolute Gasteiger partial charge is 0.241 e. The molecule has 1 aromatic carbocycles.